The van der Waals surface area contributed by atoms with Gasteiger partial charge < -0.3 is 5.32 Å². The number of likely N-dealkylation sites (N-methyl/N-ethyl adjacent to an activating group) is 1. The quantitative estimate of drug-likeness (QED) is 0.915. The number of pyridine rings is 1. The normalized spacial score (nSPS) is 12.4. The average molecular weight is 262 g/mol. The molecule has 2 nitrogen and oxygen atoms in total. The topological polar surface area (TPSA) is 24.9 Å². The van der Waals surface area contributed by atoms with Gasteiger partial charge in [-0.05, 0) is 49.2 Å². The van der Waals surface area contributed by atoms with Crippen LogP contribution in [0.5, 0.6) is 0 Å². The van der Waals surface area contributed by atoms with Crippen LogP contribution in [-0.2, 0) is 6.42 Å². The van der Waals surface area contributed by atoms with E-state index in [1.807, 2.05) is 13.0 Å². The fraction of sp³-hybridized carbons (Fsp3) is 0.267. The number of hydrogen-bond donors (Lipinski definition) is 1. The third-order valence-corrected chi connectivity index (χ3v) is 3.26. The maximum atomic E-state index is 13.7. The Hall–Kier alpha value is -1.81. The third-order valence-electron chi connectivity index (χ3n) is 3.26. The summed E-state index contributed by atoms with van der Waals surface area (Å²) in [5.41, 5.74) is 2.43. The molecule has 1 heterocycles. The summed E-state index contributed by atoms with van der Waals surface area (Å²) in [4.78, 5) is 4.09. The van der Waals surface area contributed by atoms with E-state index < -0.39 is 11.6 Å². The Morgan fingerprint density at radius 3 is 2.74 bits per heavy atom. The molecule has 0 aliphatic carbocycles. The van der Waals surface area contributed by atoms with Crippen molar-refractivity contribution in [3.05, 3.63) is 65.0 Å². The van der Waals surface area contributed by atoms with E-state index in [0.717, 1.165) is 17.2 Å². The number of rotatable bonds is 4. The van der Waals surface area contributed by atoms with Crippen LogP contribution in [0, 0.1) is 18.6 Å². The van der Waals surface area contributed by atoms with Crippen LogP contribution in [0.1, 0.15) is 22.7 Å². The summed E-state index contributed by atoms with van der Waals surface area (Å²) >= 11 is 0. The standard InChI is InChI=1S/C15H16F2N2/c1-10-6-7-19-9-12(10)14(18-2)8-11-4-3-5-13(16)15(11)17/h3-7,9,14,18H,8H2,1-2H3. The number of nitrogens with one attached hydrogen (secondary N) is 1. The molecule has 0 radical (unpaired) electrons. The van der Waals surface area contributed by atoms with Gasteiger partial charge in [-0.2, -0.15) is 0 Å². The smallest absolute Gasteiger partial charge is 0.162 e. The molecular weight excluding hydrogens is 246 g/mol. The molecule has 1 unspecified atom stereocenters. The molecule has 0 bridgehead atoms. The van der Waals surface area contributed by atoms with Crippen molar-refractivity contribution in [2.45, 2.75) is 19.4 Å². The molecule has 1 N–H and O–H groups in total. The van der Waals surface area contributed by atoms with Gasteiger partial charge >= 0.3 is 0 Å². The molecule has 100 valence electrons. The van der Waals surface area contributed by atoms with Crippen molar-refractivity contribution in [3.63, 3.8) is 0 Å². The molecule has 2 aromatic rings. The van der Waals surface area contributed by atoms with E-state index in [2.05, 4.69) is 10.3 Å². The summed E-state index contributed by atoms with van der Waals surface area (Å²) in [7, 11) is 1.80. The number of halogens is 2. The van der Waals surface area contributed by atoms with Gasteiger partial charge in [0.15, 0.2) is 11.6 Å². The van der Waals surface area contributed by atoms with Crippen molar-refractivity contribution < 1.29 is 8.78 Å². The van der Waals surface area contributed by atoms with Gasteiger partial charge in [0, 0.05) is 18.4 Å². The van der Waals surface area contributed by atoms with Crippen LogP contribution in [-0.4, -0.2) is 12.0 Å². The second-order valence-electron chi connectivity index (χ2n) is 4.49. The van der Waals surface area contributed by atoms with Crippen molar-refractivity contribution in [1.82, 2.24) is 10.3 Å². The highest BCUT2D eigenvalue weighted by atomic mass is 19.2. The summed E-state index contributed by atoms with van der Waals surface area (Å²) in [6.07, 6.45) is 3.86. The van der Waals surface area contributed by atoms with Crippen molar-refractivity contribution >= 4 is 0 Å². The Morgan fingerprint density at radius 2 is 2.05 bits per heavy atom. The van der Waals surface area contributed by atoms with Crippen molar-refractivity contribution in [2.24, 2.45) is 0 Å². The molecule has 4 heteroatoms. The molecule has 0 amide bonds. The number of nitrogens with zero attached hydrogens (tertiary/aromatic N) is 1. The summed E-state index contributed by atoms with van der Waals surface area (Å²) < 4.78 is 26.9. The van der Waals surface area contributed by atoms with E-state index in [1.165, 1.54) is 6.07 Å². The molecule has 1 atom stereocenters. The molecule has 0 aliphatic rings. The highest BCUT2D eigenvalue weighted by molar-refractivity contribution is 5.28. The zero-order valence-corrected chi connectivity index (χ0v) is 11.0. The zero-order chi connectivity index (χ0) is 13.8. The Kier molecular flexibility index (Phi) is 4.22. The predicted molar refractivity (Wildman–Crippen MR) is 70.8 cm³/mol. The zero-order valence-electron chi connectivity index (χ0n) is 11.0. The van der Waals surface area contributed by atoms with Gasteiger partial charge in [0.25, 0.3) is 0 Å². The first kappa shape index (κ1) is 13.6. The molecule has 0 saturated heterocycles. The minimum absolute atomic E-state index is 0.0926. The van der Waals surface area contributed by atoms with Crippen molar-refractivity contribution in [1.29, 1.82) is 0 Å². The second-order valence-corrected chi connectivity index (χ2v) is 4.49. The molecule has 2 rings (SSSR count). The molecule has 0 aliphatic heterocycles. The lowest BCUT2D eigenvalue weighted by molar-refractivity contribution is 0.486. The first-order valence-electron chi connectivity index (χ1n) is 6.14. The highest BCUT2D eigenvalue weighted by Gasteiger charge is 2.16. The van der Waals surface area contributed by atoms with Crippen LogP contribution >= 0.6 is 0 Å². The maximum absolute atomic E-state index is 13.7. The van der Waals surface area contributed by atoms with Crippen molar-refractivity contribution in [2.75, 3.05) is 7.05 Å². The molecule has 0 fully saturated rings. The highest BCUT2D eigenvalue weighted by Crippen LogP contribution is 2.22. The van der Waals surface area contributed by atoms with Gasteiger partial charge in [-0.15, -0.1) is 0 Å². The van der Waals surface area contributed by atoms with Crippen LogP contribution in [0.2, 0.25) is 0 Å². The van der Waals surface area contributed by atoms with E-state index in [4.69, 9.17) is 0 Å². The van der Waals surface area contributed by atoms with Gasteiger partial charge in [0.2, 0.25) is 0 Å². The number of benzene rings is 1. The largest absolute Gasteiger partial charge is 0.313 e. The first-order valence-corrected chi connectivity index (χ1v) is 6.14. The average Bonchev–Trinajstić information content (AvgIpc) is 2.41. The minimum atomic E-state index is -0.810. The lowest BCUT2D eigenvalue weighted by Crippen LogP contribution is -2.20. The Morgan fingerprint density at radius 1 is 1.26 bits per heavy atom. The molecule has 19 heavy (non-hydrogen) atoms. The van der Waals surface area contributed by atoms with E-state index >= 15 is 0 Å². The lowest BCUT2D eigenvalue weighted by Gasteiger charge is -2.18. The van der Waals surface area contributed by atoms with Crippen molar-refractivity contribution in [3.8, 4) is 0 Å². The minimum Gasteiger partial charge on any atom is -0.313 e. The van der Waals surface area contributed by atoms with Crippen LogP contribution in [0.15, 0.2) is 36.7 Å². The molecule has 1 aromatic carbocycles. The molecular formula is C15H16F2N2. The Bertz CT molecular complexity index is 570. The van der Waals surface area contributed by atoms with Crippen LogP contribution < -0.4 is 5.32 Å². The summed E-state index contributed by atoms with van der Waals surface area (Å²) in [5, 5.41) is 3.13. The van der Waals surface area contributed by atoms with Crippen LogP contribution in [0.3, 0.4) is 0 Å². The summed E-state index contributed by atoms with van der Waals surface area (Å²) in [5.74, 6) is -1.58. The van der Waals surface area contributed by atoms with Gasteiger partial charge in [-0.1, -0.05) is 12.1 Å². The lowest BCUT2D eigenvalue weighted by atomic mass is 9.97. The monoisotopic (exact) mass is 262 g/mol. The number of aromatic nitrogens is 1. The Balaban J connectivity index is 2.30. The predicted octanol–water partition coefficient (Wildman–Crippen LogP) is 3.17. The fourth-order valence-corrected chi connectivity index (χ4v) is 2.13. The molecule has 0 saturated carbocycles. The second kappa shape index (κ2) is 5.89. The van der Waals surface area contributed by atoms with E-state index in [9.17, 15) is 8.78 Å². The van der Waals surface area contributed by atoms with Gasteiger partial charge in [-0.25, -0.2) is 8.78 Å². The van der Waals surface area contributed by atoms with E-state index in [0.29, 0.717) is 12.0 Å². The number of hydrogen-bond acceptors (Lipinski definition) is 2. The van der Waals surface area contributed by atoms with Gasteiger partial charge in [-0.3, -0.25) is 4.98 Å². The van der Waals surface area contributed by atoms with E-state index in [-0.39, 0.29) is 6.04 Å². The molecule has 1 aromatic heterocycles. The third kappa shape index (κ3) is 2.96. The van der Waals surface area contributed by atoms with Crippen LogP contribution in [0.25, 0.3) is 0 Å². The summed E-state index contributed by atoms with van der Waals surface area (Å²) in [6.45, 7) is 1.98. The summed E-state index contributed by atoms with van der Waals surface area (Å²) in [6, 6.07) is 6.07. The fourth-order valence-electron chi connectivity index (χ4n) is 2.13. The Labute approximate surface area is 111 Å². The van der Waals surface area contributed by atoms with Gasteiger partial charge in [0.05, 0.1) is 0 Å². The van der Waals surface area contributed by atoms with Crippen LogP contribution in [0.4, 0.5) is 8.78 Å². The molecule has 0 spiro atoms. The van der Waals surface area contributed by atoms with E-state index in [1.54, 1.807) is 25.5 Å². The number of aryl methyl sites for hydroxylation is 1. The SMILES string of the molecule is CNC(Cc1cccc(F)c1F)c1cnccc1C. The first-order chi connectivity index (χ1) is 9.13. The van der Waals surface area contributed by atoms with Gasteiger partial charge in [0.1, 0.15) is 0 Å². The maximum Gasteiger partial charge on any atom is 0.162 e.